The van der Waals surface area contributed by atoms with Gasteiger partial charge in [-0.15, -0.1) is 0 Å². The van der Waals surface area contributed by atoms with Crippen LogP contribution in [0.3, 0.4) is 0 Å². The lowest BCUT2D eigenvalue weighted by atomic mass is 9.81. The van der Waals surface area contributed by atoms with Gasteiger partial charge in [0, 0.05) is 12.2 Å². The van der Waals surface area contributed by atoms with Gasteiger partial charge in [0.1, 0.15) is 0 Å². The SMILES string of the molecule is C=C1/C=C\C=C/CC(CC(O)[C@H]2CC[C@H](OCc3ncccc3N)CC2)n2cncc21. The molecule has 3 N–H and O–H groups in total. The van der Waals surface area contributed by atoms with Crippen molar-refractivity contribution in [1.29, 1.82) is 0 Å². The molecule has 6 nitrogen and oxygen atoms in total. The first-order valence-corrected chi connectivity index (χ1v) is 11.1. The molecule has 1 saturated carbocycles. The number of pyridine rings is 1. The van der Waals surface area contributed by atoms with Gasteiger partial charge in [0.15, 0.2) is 0 Å². The summed E-state index contributed by atoms with van der Waals surface area (Å²) in [5.41, 5.74) is 9.38. The molecule has 0 saturated heterocycles. The number of ether oxygens (including phenoxy) is 1. The number of hydrogen-bond donors (Lipinski definition) is 2. The monoisotopic (exact) mass is 420 g/mol. The van der Waals surface area contributed by atoms with Gasteiger partial charge in [0.25, 0.3) is 0 Å². The van der Waals surface area contributed by atoms with Crippen molar-refractivity contribution in [3.63, 3.8) is 0 Å². The second-order valence-corrected chi connectivity index (χ2v) is 8.58. The van der Waals surface area contributed by atoms with Gasteiger partial charge in [-0.05, 0) is 62.1 Å². The number of aromatic nitrogens is 3. The van der Waals surface area contributed by atoms with Crippen molar-refractivity contribution in [2.45, 2.75) is 63.4 Å². The summed E-state index contributed by atoms with van der Waals surface area (Å²) in [6, 6.07) is 3.85. The van der Waals surface area contributed by atoms with E-state index in [-0.39, 0.29) is 18.2 Å². The fourth-order valence-electron chi connectivity index (χ4n) is 4.62. The molecule has 3 heterocycles. The smallest absolute Gasteiger partial charge is 0.0953 e. The Morgan fingerprint density at radius 2 is 2.10 bits per heavy atom. The van der Waals surface area contributed by atoms with Crippen LogP contribution in [-0.4, -0.2) is 31.8 Å². The largest absolute Gasteiger partial charge is 0.397 e. The number of allylic oxidation sites excluding steroid dienone is 5. The lowest BCUT2D eigenvalue weighted by Crippen LogP contribution is -2.31. The summed E-state index contributed by atoms with van der Waals surface area (Å²) in [6.45, 7) is 4.60. The maximum absolute atomic E-state index is 11.1. The molecule has 1 aliphatic carbocycles. The summed E-state index contributed by atoms with van der Waals surface area (Å²) in [6.07, 6.45) is 19.0. The van der Waals surface area contributed by atoms with Crippen LogP contribution in [0, 0.1) is 5.92 Å². The average molecular weight is 421 g/mol. The van der Waals surface area contributed by atoms with E-state index in [9.17, 15) is 5.11 Å². The third-order valence-electron chi connectivity index (χ3n) is 6.50. The number of rotatable bonds is 6. The van der Waals surface area contributed by atoms with E-state index in [2.05, 4.69) is 33.3 Å². The number of nitrogen functional groups attached to an aromatic ring is 1. The predicted molar refractivity (Wildman–Crippen MR) is 123 cm³/mol. The van der Waals surface area contributed by atoms with Crippen LogP contribution < -0.4 is 5.73 Å². The number of aliphatic hydroxyl groups is 1. The van der Waals surface area contributed by atoms with Crippen LogP contribution in [0.1, 0.15) is 56.0 Å². The summed E-state index contributed by atoms with van der Waals surface area (Å²) in [4.78, 5) is 8.63. The Morgan fingerprint density at radius 1 is 1.26 bits per heavy atom. The fraction of sp³-hybridized carbons (Fsp3) is 0.440. The fourth-order valence-corrected chi connectivity index (χ4v) is 4.62. The molecule has 1 fully saturated rings. The van der Waals surface area contributed by atoms with Crippen LogP contribution in [-0.2, 0) is 11.3 Å². The molecule has 4 rings (SSSR count). The van der Waals surface area contributed by atoms with Gasteiger partial charge in [-0.25, -0.2) is 4.98 Å². The first-order chi connectivity index (χ1) is 15.1. The molecule has 2 aromatic rings. The van der Waals surface area contributed by atoms with Crippen molar-refractivity contribution in [2.24, 2.45) is 5.92 Å². The van der Waals surface area contributed by atoms with E-state index >= 15 is 0 Å². The molecule has 2 aliphatic rings. The van der Waals surface area contributed by atoms with E-state index in [1.807, 2.05) is 36.8 Å². The number of fused-ring (bicyclic) bond motifs is 1. The number of anilines is 1. The second kappa shape index (κ2) is 10.1. The van der Waals surface area contributed by atoms with Gasteiger partial charge in [-0.1, -0.05) is 30.9 Å². The molecule has 0 aromatic carbocycles. The number of imidazole rings is 1. The first-order valence-electron chi connectivity index (χ1n) is 11.1. The molecule has 2 aromatic heterocycles. The van der Waals surface area contributed by atoms with E-state index in [1.54, 1.807) is 6.20 Å². The summed E-state index contributed by atoms with van der Waals surface area (Å²) in [7, 11) is 0. The standard InChI is InChI=1S/C25H32N4O2/c1-18-6-3-2-4-7-20(29-17-27-15-24(18)29)14-25(30)19-9-11-21(12-10-19)31-16-23-22(26)8-5-13-28-23/h2-6,8,13,15,17,19-21,25,30H,1,7,9-12,14,16,26H2/b4-2-,6-3-/t19-,20?,21-,25?. The van der Waals surface area contributed by atoms with Crippen LogP contribution in [0.5, 0.6) is 0 Å². The van der Waals surface area contributed by atoms with Gasteiger partial charge < -0.3 is 20.1 Å². The van der Waals surface area contributed by atoms with Gasteiger partial charge in [-0.2, -0.15) is 0 Å². The van der Waals surface area contributed by atoms with Gasteiger partial charge in [0.05, 0.1) is 48.4 Å². The van der Waals surface area contributed by atoms with E-state index in [4.69, 9.17) is 10.5 Å². The molecule has 6 heteroatoms. The Hall–Kier alpha value is -2.70. The summed E-state index contributed by atoms with van der Waals surface area (Å²) < 4.78 is 8.22. The molecule has 0 amide bonds. The van der Waals surface area contributed by atoms with Crippen molar-refractivity contribution < 1.29 is 9.84 Å². The zero-order chi connectivity index (χ0) is 21.6. The van der Waals surface area contributed by atoms with Crippen LogP contribution in [0.15, 0.2) is 61.7 Å². The van der Waals surface area contributed by atoms with Crippen LogP contribution in [0.25, 0.3) is 5.57 Å². The normalized spacial score (nSPS) is 26.9. The maximum atomic E-state index is 11.1. The molecule has 2 unspecified atom stereocenters. The Bertz CT molecular complexity index is 941. The Balaban J connectivity index is 1.31. The number of nitrogens with two attached hydrogens (primary N) is 1. The minimum atomic E-state index is -0.344. The molecule has 1 aliphatic heterocycles. The van der Waals surface area contributed by atoms with Crippen molar-refractivity contribution in [3.8, 4) is 0 Å². The lowest BCUT2D eigenvalue weighted by molar-refractivity contribution is -0.0177. The Kier molecular flexibility index (Phi) is 6.99. The van der Waals surface area contributed by atoms with Gasteiger partial charge in [-0.3, -0.25) is 4.98 Å². The zero-order valence-corrected chi connectivity index (χ0v) is 17.9. The number of nitrogens with zero attached hydrogens (tertiary/aromatic N) is 3. The molecule has 164 valence electrons. The highest BCUT2D eigenvalue weighted by Gasteiger charge is 2.29. The average Bonchev–Trinajstić information content (AvgIpc) is 3.28. The van der Waals surface area contributed by atoms with E-state index in [1.165, 1.54) is 0 Å². The Morgan fingerprint density at radius 3 is 2.90 bits per heavy atom. The lowest BCUT2D eigenvalue weighted by Gasteiger charge is -2.33. The Labute approximate surface area is 184 Å². The van der Waals surface area contributed by atoms with Crippen LogP contribution in [0.4, 0.5) is 5.69 Å². The molecular formula is C25H32N4O2. The summed E-state index contributed by atoms with van der Waals surface area (Å²) >= 11 is 0. The molecule has 31 heavy (non-hydrogen) atoms. The molecule has 2 atom stereocenters. The van der Waals surface area contributed by atoms with Crippen molar-refractivity contribution in [1.82, 2.24) is 14.5 Å². The topological polar surface area (TPSA) is 86.2 Å². The third kappa shape index (κ3) is 5.32. The van der Waals surface area contributed by atoms with Crippen molar-refractivity contribution in [2.75, 3.05) is 5.73 Å². The third-order valence-corrected chi connectivity index (χ3v) is 6.50. The van der Waals surface area contributed by atoms with Crippen LogP contribution >= 0.6 is 0 Å². The number of hydrogen-bond acceptors (Lipinski definition) is 5. The maximum Gasteiger partial charge on any atom is 0.0953 e. The minimum absolute atomic E-state index is 0.168. The van der Waals surface area contributed by atoms with Crippen LogP contribution in [0.2, 0.25) is 0 Å². The van der Waals surface area contributed by atoms with Gasteiger partial charge in [0.2, 0.25) is 0 Å². The molecule has 0 spiro atoms. The summed E-state index contributed by atoms with van der Waals surface area (Å²) in [5, 5.41) is 11.1. The highest BCUT2D eigenvalue weighted by atomic mass is 16.5. The molecular weight excluding hydrogens is 388 g/mol. The van der Waals surface area contributed by atoms with Gasteiger partial charge >= 0.3 is 0 Å². The van der Waals surface area contributed by atoms with E-state index in [0.29, 0.717) is 24.6 Å². The van der Waals surface area contributed by atoms with Crippen molar-refractivity contribution in [3.05, 3.63) is 73.1 Å². The summed E-state index contributed by atoms with van der Waals surface area (Å²) in [5.74, 6) is 0.296. The van der Waals surface area contributed by atoms with E-state index in [0.717, 1.165) is 49.1 Å². The predicted octanol–water partition coefficient (Wildman–Crippen LogP) is 4.46. The first kappa shape index (κ1) is 21.5. The highest BCUT2D eigenvalue weighted by molar-refractivity contribution is 5.70. The minimum Gasteiger partial charge on any atom is -0.397 e. The quantitative estimate of drug-likeness (QED) is 0.721. The van der Waals surface area contributed by atoms with E-state index < -0.39 is 0 Å². The zero-order valence-electron chi connectivity index (χ0n) is 17.9. The number of aliphatic hydroxyl groups excluding tert-OH is 1. The van der Waals surface area contributed by atoms with Crippen molar-refractivity contribution >= 4 is 11.3 Å². The molecule has 0 radical (unpaired) electrons. The second-order valence-electron chi connectivity index (χ2n) is 8.58. The molecule has 0 bridgehead atoms. The highest BCUT2D eigenvalue weighted by Crippen LogP contribution is 2.34.